The standard InChI is InChI=1S/C15H21F3N2/c1-10(20(2)14(9-19)11-7-8-11)12-5-3-4-6-13(12)15(16,17)18/h3-6,10-11,14H,7-9,19H2,1-2H3. The molecule has 1 aliphatic rings. The number of rotatable bonds is 5. The molecule has 1 fully saturated rings. The van der Waals surface area contributed by atoms with Gasteiger partial charge in [-0.25, -0.2) is 0 Å². The van der Waals surface area contributed by atoms with E-state index < -0.39 is 11.7 Å². The van der Waals surface area contributed by atoms with E-state index in [9.17, 15) is 13.2 Å². The van der Waals surface area contributed by atoms with Crippen molar-refractivity contribution in [1.29, 1.82) is 0 Å². The van der Waals surface area contributed by atoms with Gasteiger partial charge in [-0.3, -0.25) is 4.90 Å². The molecule has 1 aliphatic carbocycles. The number of nitrogens with two attached hydrogens (primary N) is 1. The molecular weight excluding hydrogens is 265 g/mol. The van der Waals surface area contributed by atoms with Crippen LogP contribution >= 0.6 is 0 Å². The molecule has 5 heteroatoms. The molecule has 112 valence electrons. The van der Waals surface area contributed by atoms with Gasteiger partial charge in [0.25, 0.3) is 0 Å². The molecule has 0 amide bonds. The van der Waals surface area contributed by atoms with Crippen molar-refractivity contribution in [1.82, 2.24) is 4.90 Å². The maximum absolute atomic E-state index is 13.1. The van der Waals surface area contributed by atoms with Gasteiger partial charge in [-0.05, 0) is 44.4 Å². The highest BCUT2D eigenvalue weighted by atomic mass is 19.4. The second-order valence-electron chi connectivity index (χ2n) is 5.57. The van der Waals surface area contributed by atoms with Crippen LogP contribution in [0.3, 0.4) is 0 Å². The van der Waals surface area contributed by atoms with Gasteiger partial charge in [-0.1, -0.05) is 18.2 Å². The first kappa shape index (κ1) is 15.3. The first-order chi connectivity index (χ1) is 9.36. The normalized spacial score (nSPS) is 19.1. The number of hydrogen-bond donors (Lipinski definition) is 1. The molecule has 0 heterocycles. The molecule has 1 aromatic carbocycles. The smallest absolute Gasteiger partial charge is 0.329 e. The summed E-state index contributed by atoms with van der Waals surface area (Å²) in [6.07, 6.45) is -2.07. The first-order valence-electron chi connectivity index (χ1n) is 6.94. The van der Waals surface area contributed by atoms with E-state index in [4.69, 9.17) is 5.73 Å². The van der Waals surface area contributed by atoms with Crippen LogP contribution in [0.25, 0.3) is 0 Å². The first-order valence-corrected chi connectivity index (χ1v) is 6.94. The molecule has 0 aliphatic heterocycles. The summed E-state index contributed by atoms with van der Waals surface area (Å²) in [6, 6.07) is 5.65. The van der Waals surface area contributed by atoms with E-state index in [2.05, 4.69) is 0 Å². The predicted octanol–water partition coefficient (Wildman–Crippen LogP) is 3.44. The van der Waals surface area contributed by atoms with Crippen LogP contribution in [0.2, 0.25) is 0 Å². The van der Waals surface area contributed by atoms with Gasteiger partial charge >= 0.3 is 6.18 Å². The van der Waals surface area contributed by atoms with Crippen LogP contribution < -0.4 is 5.73 Å². The van der Waals surface area contributed by atoms with Gasteiger partial charge in [0.15, 0.2) is 0 Å². The number of hydrogen-bond acceptors (Lipinski definition) is 2. The number of likely N-dealkylation sites (N-methyl/N-ethyl adjacent to an activating group) is 1. The summed E-state index contributed by atoms with van der Waals surface area (Å²) in [4.78, 5) is 1.99. The third kappa shape index (κ3) is 3.15. The van der Waals surface area contributed by atoms with Crippen LogP contribution in [-0.2, 0) is 6.18 Å². The SMILES string of the molecule is CC(c1ccccc1C(F)(F)F)N(C)C(CN)C1CC1. The molecule has 2 N–H and O–H groups in total. The lowest BCUT2D eigenvalue weighted by molar-refractivity contribution is -0.138. The zero-order valence-corrected chi connectivity index (χ0v) is 11.8. The van der Waals surface area contributed by atoms with E-state index in [1.54, 1.807) is 12.1 Å². The lowest BCUT2D eigenvalue weighted by atomic mass is 9.98. The summed E-state index contributed by atoms with van der Waals surface area (Å²) in [5, 5.41) is 0. The van der Waals surface area contributed by atoms with E-state index in [0.717, 1.165) is 18.9 Å². The minimum Gasteiger partial charge on any atom is -0.329 e. The molecule has 1 saturated carbocycles. The van der Waals surface area contributed by atoms with Crippen molar-refractivity contribution in [3.63, 3.8) is 0 Å². The minimum atomic E-state index is -4.32. The zero-order chi connectivity index (χ0) is 14.9. The largest absolute Gasteiger partial charge is 0.416 e. The Morgan fingerprint density at radius 3 is 2.40 bits per heavy atom. The van der Waals surface area contributed by atoms with Crippen molar-refractivity contribution in [2.45, 2.75) is 38.0 Å². The average Bonchev–Trinajstić information content (AvgIpc) is 3.22. The van der Waals surface area contributed by atoms with Gasteiger partial charge in [-0.2, -0.15) is 13.2 Å². The molecular formula is C15H21F3N2. The molecule has 0 radical (unpaired) electrons. The monoisotopic (exact) mass is 286 g/mol. The molecule has 0 aromatic heterocycles. The molecule has 20 heavy (non-hydrogen) atoms. The second-order valence-corrected chi connectivity index (χ2v) is 5.57. The average molecular weight is 286 g/mol. The third-order valence-corrected chi connectivity index (χ3v) is 4.26. The molecule has 0 bridgehead atoms. The Hall–Kier alpha value is -1.07. The van der Waals surface area contributed by atoms with Crippen LogP contribution in [0.1, 0.15) is 36.9 Å². The Labute approximate surface area is 117 Å². The highest BCUT2D eigenvalue weighted by Gasteiger charge is 2.38. The van der Waals surface area contributed by atoms with E-state index in [-0.39, 0.29) is 12.1 Å². The van der Waals surface area contributed by atoms with Crippen molar-refractivity contribution in [2.24, 2.45) is 11.7 Å². The summed E-state index contributed by atoms with van der Waals surface area (Å²) in [7, 11) is 1.87. The van der Waals surface area contributed by atoms with Crippen LogP contribution in [0, 0.1) is 5.92 Å². The fourth-order valence-electron chi connectivity index (χ4n) is 2.80. The van der Waals surface area contributed by atoms with Crippen LogP contribution in [0.5, 0.6) is 0 Å². The van der Waals surface area contributed by atoms with E-state index in [1.807, 2.05) is 18.9 Å². The number of alkyl halides is 3. The molecule has 2 rings (SSSR count). The summed E-state index contributed by atoms with van der Waals surface area (Å²) >= 11 is 0. The maximum Gasteiger partial charge on any atom is 0.416 e. The Morgan fingerprint density at radius 1 is 1.30 bits per heavy atom. The number of halogens is 3. The highest BCUT2D eigenvalue weighted by Crippen LogP contribution is 2.40. The molecule has 0 saturated heterocycles. The summed E-state index contributed by atoms with van der Waals surface area (Å²) in [5.41, 5.74) is 5.56. The fourth-order valence-corrected chi connectivity index (χ4v) is 2.80. The molecule has 2 nitrogen and oxygen atoms in total. The van der Waals surface area contributed by atoms with Gasteiger partial charge in [0, 0.05) is 18.6 Å². The summed E-state index contributed by atoms with van der Waals surface area (Å²) in [6.45, 7) is 2.30. The van der Waals surface area contributed by atoms with Gasteiger partial charge in [0.05, 0.1) is 5.56 Å². The predicted molar refractivity (Wildman–Crippen MR) is 73.2 cm³/mol. The molecule has 2 unspecified atom stereocenters. The molecule has 1 aromatic rings. The van der Waals surface area contributed by atoms with Gasteiger partial charge in [0.2, 0.25) is 0 Å². The Balaban J connectivity index is 2.26. The van der Waals surface area contributed by atoms with Crippen LogP contribution in [-0.4, -0.2) is 24.5 Å². The molecule has 0 spiro atoms. The number of nitrogens with zero attached hydrogens (tertiary/aromatic N) is 1. The summed E-state index contributed by atoms with van der Waals surface area (Å²) < 4.78 is 39.2. The third-order valence-electron chi connectivity index (χ3n) is 4.26. The van der Waals surface area contributed by atoms with Gasteiger partial charge in [0.1, 0.15) is 0 Å². The Kier molecular flexibility index (Phi) is 4.39. The van der Waals surface area contributed by atoms with Gasteiger partial charge < -0.3 is 5.73 Å². The van der Waals surface area contributed by atoms with Crippen LogP contribution in [0.15, 0.2) is 24.3 Å². The van der Waals surface area contributed by atoms with Crippen molar-refractivity contribution in [3.8, 4) is 0 Å². The highest BCUT2D eigenvalue weighted by molar-refractivity contribution is 5.32. The van der Waals surface area contributed by atoms with Crippen molar-refractivity contribution in [2.75, 3.05) is 13.6 Å². The zero-order valence-electron chi connectivity index (χ0n) is 11.8. The van der Waals surface area contributed by atoms with E-state index in [1.165, 1.54) is 6.07 Å². The lowest BCUT2D eigenvalue weighted by Gasteiger charge is -2.34. The Bertz CT molecular complexity index is 455. The van der Waals surface area contributed by atoms with Crippen molar-refractivity contribution >= 4 is 0 Å². The topological polar surface area (TPSA) is 29.3 Å². The maximum atomic E-state index is 13.1. The lowest BCUT2D eigenvalue weighted by Crippen LogP contribution is -2.41. The summed E-state index contributed by atoms with van der Waals surface area (Å²) in [5.74, 6) is 0.533. The van der Waals surface area contributed by atoms with E-state index in [0.29, 0.717) is 18.0 Å². The Morgan fingerprint density at radius 2 is 1.90 bits per heavy atom. The van der Waals surface area contributed by atoms with Crippen LogP contribution in [0.4, 0.5) is 13.2 Å². The number of benzene rings is 1. The minimum absolute atomic E-state index is 0.159. The quantitative estimate of drug-likeness (QED) is 0.898. The second kappa shape index (κ2) is 5.74. The van der Waals surface area contributed by atoms with Crippen molar-refractivity contribution in [3.05, 3.63) is 35.4 Å². The molecule has 2 atom stereocenters. The van der Waals surface area contributed by atoms with Gasteiger partial charge in [-0.15, -0.1) is 0 Å². The van der Waals surface area contributed by atoms with Crippen molar-refractivity contribution < 1.29 is 13.2 Å². The fraction of sp³-hybridized carbons (Fsp3) is 0.600. The van der Waals surface area contributed by atoms with E-state index >= 15 is 0 Å².